The highest BCUT2D eigenvalue weighted by Gasteiger charge is 2.10. The van der Waals surface area contributed by atoms with Gasteiger partial charge in [-0.15, -0.1) is 0 Å². The molecule has 1 amide bonds. The molecule has 3 N–H and O–H groups in total. The second-order valence-corrected chi connectivity index (χ2v) is 4.87. The van der Waals surface area contributed by atoms with Crippen LogP contribution in [0.15, 0.2) is 53.3 Å². The second kappa shape index (κ2) is 6.27. The van der Waals surface area contributed by atoms with E-state index < -0.39 is 5.69 Å². The van der Waals surface area contributed by atoms with E-state index in [2.05, 4.69) is 20.5 Å². The van der Waals surface area contributed by atoms with Crippen LogP contribution in [0.4, 0.5) is 4.39 Å². The highest BCUT2D eigenvalue weighted by molar-refractivity contribution is 5.95. The van der Waals surface area contributed by atoms with Gasteiger partial charge in [0, 0.05) is 11.1 Å². The first-order valence-electron chi connectivity index (χ1n) is 6.90. The minimum absolute atomic E-state index is 0.0848. The molecule has 0 radical (unpaired) electrons. The van der Waals surface area contributed by atoms with Crippen LogP contribution in [0.25, 0.3) is 11.1 Å². The Hall–Kier alpha value is -3.22. The maximum absolute atomic E-state index is 13.8. The van der Waals surface area contributed by atoms with Crippen molar-refractivity contribution in [3.05, 3.63) is 76.2 Å². The minimum Gasteiger partial charge on any atom is -0.345 e. The molecule has 0 aliphatic heterocycles. The number of carbonyl (C=O) groups excluding carboxylic acids is 1. The Bertz CT molecular complexity index is 901. The Morgan fingerprint density at radius 3 is 2.74 bits per heavy atom. The lowest BCUT2D eigenvalue weighted by Gasteiger charge is -2.07. The molecule has 3 rings (SSSR count). The van der Waals surface area contributed by atoms with Crippen LogP contribution in [0.2, 0.25) is 0 Å². The van der Waals surface area contributed by atoms with Crippen molar-refractivity contribution in [1.82, 2.24) is 20.5 Å². The number of hydrogen-bond acceptors (Lipinski definition) is 3. The number of nitrogens with one attached hydrogen (secondary N) is 3. The van der Waals surface area contributed by atoms with Gasteiger partial charge in [-0.1, -0.05) is 30.3 Å². The average molecular weight is 312 g/mol. The number of rotatable bonds is 4. The summed E-state index contributed by atoms with van der Waals surface area (Å²) >= 11 is 0. The van der Waals surface area contributed by atoms with Crippen molar-refractivity contribution in [2.75, 3.05) is 0 Å². The molecule has 3 aromatic rings. The molecule has 7 heteroatoms. The Morgan fingerprint density at radius 2 is 2.00 bits per heavy atom. The van der Waals surface area contributed by atoms with Crippen LogP contribution in [0, 0.1) is 5.82 Å². The molecule has 0 bridgehead atoms. The molecule has 0 fully saturated rings. The summed E-state index contributed by atoms with van der Waals surface area (Å²) in [7, 11) is 0. The van der Waals surface area contributed by atoms with Crippen molar-refractivity contribution >= 4 is 5.91 Å². The van der Waals surface area contributed by atoms with Gasteiger partial charge in [-0.25, -0.2) is 14.3 Å². The number of aromatic amines is 2. The third kappa shape index (κ3) is 3.34. The van der Waals surface area contributed by atoms with E-state index in [1.807, 2.05) is 0 Å². The lowest BCUT2D eigenvalue weighted by Crippen LogP contribution is -2.23. The van der Waals surface area contributed by atoms with Crippen molar-refractivity contribution in [2.45, 2.75) is 6.54 Å². The van der Waals surface area contributed by atoms with Gasteiger partial charge in [0.1, 0.15) is 11.6 Å². The highest BCUT2D eigenvalue weighted by Crippen LogP contribution is 2.23. The summed E-state index contributed by atoms with van der Waals surface area (Å²) < 4.78 is 13.8. The van der Waals surface area contributed by atoms with E-state index in [1.54, 1.807) is 42.5 Å². The molecule has 0 aliphatic rings. The lowest BCUT2D eigenvalue weighted by atomic mass is 10.0. The topological polar surface area (TPSA) is 90.6 Å². The molecule has 0 aliphatic carbocycles. The van der Waals surface area contributed by atoms with Gasteiger partial charge in [-0.05, 0) is 23.8 Å². The van der Waals surface area contributed by atoms with Crippen molar-refractivity contribution < 1.29 is 9.18 Å². The number of amides is 1. The Balaban J connectivity index is 1.78. The molecule has 1 heterocycles. The number of nitrogens with zero attached hydrogens (tertiary/aromatic N) is 1. The molecule has 0 spiro atoms. The molecule has 23 heavy (non-hydrogen) atoms. The smallest absolute Gasteiger partial charge is 0.340 e. The molecular weight excluding hydrogens is 299 g/mol. The summed E-state index contributed by atoms with van der Waals surface area (Å²) in [5, 5.41) is 8.55. The van der Waals surface area contributed by atoms with Gasteiger partial charge in [-0.2, -0.15) is 5.10 Å². The Labute approximate surface area is 130 Å². The third-order valence-electron chi connectivity index (χ3n) is 3.28. The molecule has 0 atom stereocenters. The highest BCUT2D eigenvalue weighted by atomic mass is 19.1. The fourth-order valence-corrected chi connectivity index (χ4v) is 2.18. The number of H-pyrrole nitrogens is 2. The largest absolute Gasteiger partial charge is 0.345 e. The monoisotopic (exact) mass is 312 g/mol. The quantitative estimate of drug-likeness (QED) is 0.686. The summed E-state index contributed by atoms with van der Waals surface area (Å²) in [5.41, 5.74) is 1.00. The summed E-state index contributed by atoms with van der Waals surface area (Å²) in [6.45, 7) is 0.0848. The van der Waals surface area contributed by atoms with Gasteiger partial charge >= 0.3 is 5.69 Å². The predicted molar refractivity (Wildman–Crippen MR) is 82.2 cm³/mol. The molecule has 0 saturated heterocycles. The Morgan fingerprint density at radius 1 is 1.17 bits per heavy atom. The van der Waals surface area contributed by atoms with E-state index in [-0.39, 0.29) is 18.3 Å². The van der Waals surface area contributed by atoms with Gasteiger partial charge in [0.25, 0.3) is 5.91 Å². The summed E-state index contributed by atoms with van der Waals surface area (Å²) in [6, 6.07) is 13.0. The first kappa shape index (κ1) is 14.7. The van der Waals surface area contributed by atoms with Crippen molar-refractivity contribution in [3.8, 4) is 11.1 Å². The lowest BCUT2D eigenvalue weighted by molar-refractivity contribution is 0.0950. The van der Waals surface area contributed by atoms with Crippen molar-refractivity contribution in [1.29, 1.82) is 0 Å². The number of benzene rings is 2. The number of carbonyl (C=O) groups is 1. The van der Waals surface area contributed by atoms with Crippen LogP contribution in [0.1, 0.15) is 16.2 Å². The zero-order valence-corrected chi connectivity index (χ0v) is 12.0. The molecule has 6 nitrogen and oxygen atoms in total. The van der Waals surface area contributed by atoms with Gasteiger partial charge in [-0.3, -0.25) is 9.78 Å². The molecule has 0 unspecified atom stereocenters. The van der Waals surface area contributed by atoms with Crippen LogP contribution >= 0.6 is 0 Å². The van der Waals surface area contributed by atoms with Gasteiger partial charge in [0.05, 0.1) is 6.54 Å². The van der Waals surface area contributed by atoms with E-state index in [9.17, 15) is 14.0 Å². The number of halogens is 1. The fraction of sp³-hybridized carbons (Fsp3) is 0.0625. The van der Waals surface area contributed by atoms with E-state index in [4.69, 9.17) is 0 Å². The Kier molecular flexibility index (Phi) is 4.01. The minimum atomic E-state index is -0.434. The van der Waals surface area contributed by atoms with E-state index >= 15 is 0 Å². The predicted octanol–water partition coefficient (Wildman–Crippen LogP) is 1.83. The zero-order valence-electron chi connectivity index (χ0n) is 12.0. The first-order chi connectivity index (χ1) is 11.1. The van der Waals surface area contributed by atoms with Crippen molar-refractivity contribution in [2.24, 2.45) is 0 Å². The zero-order chi connectivity index (χ0) is 16.2. The number of hydrogen-bond donors (Lipinski definition) is 3. The SMILES string of the molecule is O=C(NCc1n[nH]c(=O)[nH]1)c1cccc(-c2ccccc2F)c1. The second-order valence-electron chi connectivity index (χ2n) is 4.87. The third-order valence-corrected chi connectivity index (χ3v) is 3.28. The molecular formula is C16H13FN4O2. The van der Waals surface area contributed by atoms with E-state index in [1.165, 1.54) is 6.07 Å². The summed E-state index contributed by atoms with van der Waals surface area (Å²) in [4.78, 5) is 25.5. The van der Waals surface area contributed by atoms with Gasteiger partial charge in [0.2, 0.25) is 0 Å². The standard InChI is InChI=1S/C16H13FN4O2/c17-13-7-2-1-6-12(13)10-4-3-5-11(8-10)15(22)18-9-14-19-16(23)21-20-14/h1-8H,9H2,(H,18,22)(H2,19,20,21,23). The van der Waals surface area contributed by atoms with Crippen LogP contribution in [0.3, 0.4) is 0 Å². The normalized spacial score (nSPS) is 10.5. The van der Waals surface area contributed by atoms with Crippen LogP contribution in [0.5, 0.6) is 0 Å². The van der Waals surface area contributed by atoms with E-state index in [0.29, 0.717) is 22.5 Å². The molecule has 116 valence electrons. The van der Waals surface area contributed by atoms with Crippen LogP contribution < -0.4 is 11.0 Å². The molecule has 1 aromatic heterocycles. The van der Waals surface area contributed by atoms with E-state index in [0.717, 1.165) is 0 Å². The van der Waals surface area contributed by atoms with Crippen molar-refractivity contribution in [3.63, 3.8) is 0 Å². The fourth-order valence-electron chi connectivity index (χ4n) is 2.18. The first-order valence-corrected chi connectivity index (χ1v) is 6.90. The van der Waals surface area contributed by atoms with Crippen LogP contribution in [-0.2, 0) is 6.54 Å². The maximum atomic E-state index is 13.8. The average Bonchev–Trinajstić information content (AvgIpc) is 2.98. The van der Waals surface area contributed by atoms with Gasteiger partial charge in [0.15, 0.2) is 0 Å². The number of aromatic nitrogens is 3. The summed E-state index contributed by atoms with van der Waals surface area (Å²) in [6.07, 6.45) is 0. The molecule has 2 aromatic carbocycles. The van der Waals surface area contributed by atoms with Gasteiger partial charge < -0.3 is 5.32 Å². The van der Waals surface area contributed by atoms with Crippen LogP contribution in [-0.4, -0.2) is 21.1 Å². The summed E-state index contributed by atoms with van der Waals surface area (Å²) in [5.74, 6) is -0.361. The maximum Gasteiger partial charge on any atom is 0.340 e. The molecule has 0 saturated carbocycles.